The third-order valence-corrected chi connectivity index (χ3v) is 4.60. The average molecular weight is 271 g/mol. The molecular weight excluding hydrogens is 246 g/mol. The number of hydrogen-bond donors (Lipinski definition) is 2. The first-order valence-electron chi connectivity index (χ1n) is 7.82. The van der Waals surface area contributed by atoms with Crippen molar-refractivity contribution in [3.8, 4) is 0 Å². The van der Waals surface area contributed by atoms with Crippen LogP contribution in [0.1, 0.15) is 37.7 Å². The van der Waals surface area contributed by atoms with Crippen LogP contribution >= 0.6 is 0 Å². The molecule has 0 radical (unpaired) electrons. The zero-order valence-electron chi connectivity index (χ0n) is 12.4. The highest BCUT2D eigenvalue weighted by molar-refractivity contribution is 5.79. The van der Waals surface area contributed by atoms with Gasteiger partial charge in [-0.3, -0.25) is 4.99 Å². The van der Waals surface area contributed by atoms with Gasteiger partial charge < -0.3 is 10.6 Å². The molecule has 2 saturated carbocycles. The van der Waals surface area contributed by atoms with E-state index in [-0.39, 0.29) is 0 Å². The minimum atomic E-state index is 0.343. The van der Waals surface area contributed by atoms with Gasteiger partial charge in [0.15, 0.2) is 5.96 Å². The van der Waals surface area contributed by atoms with Crippen molar-refractivity contribution in [3.05, 3.63) is 35.9 Å². The van der Waals surface area contributed by atoms with Crippen LogP contribution in [0, 0.1) is 5.92 Å². The van der Waals surface area contributed by atoms with E-state index in [0.29, 0.717) is 5.41 Å². The fourth-order valence-corrected chi connectivity index (χ4v) is 2.78. The number of rotatable bonds is 6. The fraction of sp³-hybridized carbons (Fsp3) is 0.588. The Bertz CT molecular complexity index is 458. The van der Waals surface area contributed by atoms with Crippen LogP contribution in [0.25, 0.3) is 0 Å². The normalized spacial score (nSPS) is 20.6. The van der Waals surface area contributed by atoms with E-state index in [9.17, 15) is 0 Å². The van der Waals surface area contributed by atoms with E-state index in [0.717, 1.165) is 25.0 Å². The van der Waals surface area contributed by atoms with Crippen LogP contribution < -0.4 is 10.6 Å². The first kappa shape index (κ1) is 13.5. The Labute approximate surface area is 121 Å². The molecule has 0 spiro atoms. The van der Waals surface area contributed by atoms with Gasteiger partial charge in [-0.25, -0.2) is 0 Å². The van der Waals surface area contributed by atoms with E-state index in [1.54, 1.807) is 0 Å². The maximum Gasteiger partial charge on any atom is 0.191 e. The maximum absolute atomic E-state index is 4.32. The van der Waals surface area contributed by atoms with Crippen molar-refractivity contribution in [2.24, 2.45) is 10.9 Å². The van der Waals surface area contributed by atoms with Gasteiger partial charge in [0.1, 0.15) is 0 Å². The Morgan fingerprint density at radius 1 is 1.20 bits per heavy atom. The van der Waals surface area contributed by atoms with Crippen molar-refractivity contribution in [3.63, 3.8) is 0 Å². The van der Waals surface area contributed by atoms with Crippen LogP contribution in [0.15, 0.2) is 35.3 Å². The first-order chi connectivity index (χ1) is 9.82. The van der Waals surface area contributed by atoms with Gasteiger partial charge >= 0.3 is 0 Å². The van der Waals surface area contributed by atoms with Gasteiger partial charge in [-0.2, -0.15) is 0 Å². The lowest BCUT2D eigenvalue weighted by molar-refractivity contribution is 0.634. The lowest BCUT2D eigenvalue weighted by Gasteiger charge is -2.19. The summed E-state index contributed by atoms with van der Waals surface area (Å²) < 4.78 is 0. The number of aliphatic imine (C=N–C) groups is 1. The van der Waals surface area contributed by atoms with Crippen molar-refractivity contribution in [2.45, 2.75) is 37.5 Å². The topological polar surface area (TPSA) is 36.4 Å². The highest BCUT2D eigenvalue weighted by atomic mass is 15.2. The molecule has 108 valence electrons. The molecule has 3 nitrogen and oxygen atoms in total. The molecule has 0 bridgehead atoms. The van der Waals surface area contributed by atoms with Crippen LogP contribution in [0.4, 0.5) is 0 Å². The molecule has 0 saturated heterocycles. The van der Waals surface area contributed by atoms with Gasteiger partial charge in [-0.15, -0.1) is 0 Å². The average Bonchev–Trinajstić information content (AvgIpc) is 3.38. The minimum Gasteiger partial charge on any atom is -0.356 e. The molecule has 3 heteroatoms. The van der Waals surface area contributed by atoms with Gasteiger partial charge in [0.25, 0.3) is 0 Å². The SMILES string of the molecule is CN=C(NCCC1CC1)NCC1(c2ccccc2)CC1. The van der Waals surface area contributed by atoms with Crippen LogP contribution in [0.2, 0.25) is 0 Å². The summed E-state index contributed by atoms with van der Waals surface area (Å²) in [6, 6.07) is 10.9. The van der Waals surface area contributed by atoms with Crippen LogP contribution in [-0.2, 0) is 5.41 Å². The van der Waals surface area contributed by atoms with Crippen LogP contribution in [0.5, 0.6) is 0 Å². The van der Waals surface area contributed by atoms with Crippen molar-refractivity contribution >= 4 is 5.96 Å². The lowest BCUT2D eigenvalue weighted by Crippen LogP contribution is -2.41. The molecule has 0 heterocycles. The molecule has 2 N–H and O–H groups in total. The molecule has 0 aliphatic heterocycles. The number of benzene rings is 1. The van der Waals surface area contributed by atoms with Gasteiger partial charge in [0, 0.05) is 25.6 Å². The Morgan fingerprint density at radius 2 is 1.95 bits per heavy atom. The number of nitrogens with zero attached hydrogens (tertiary/aromatic N) is 1. The monoisotopic (exact) mass is 271 g/mol. The molecule has 0 aromatic heterocycles. The zero-order valence-corrected chi connectivity index (χ0v) is 12.4. The molecule has 0 atom stereocenters. The quantitative estimate of drug-likeness (QED) is 0.616. The Hall–Kier alpha value is -1.51. The van der Waals surface area contributed by atoms with E-state index in [1.807, 2.05) is 7.05 Å². The van der Waals surface area contributed by atoms with Crippen molar-refractivity contribution in [1.82, 2.24) is 10.6 Å². The van der Waals surface area contributed by atoms with E-state index in [1.165, 1.54) is 37.7 Å². The largest absolute Gasteiger partial charge is 0.356 e. The third kappa shape index (κ3) is 3.33. The smallest absolute Gasteiger partial charge is 0.191 e. The second kappa shape index (κ2) is 5.86. The summed E-state index contributed by atoms with van der Waals surface area (Å²) in [6.07, 6.45) is 6.69. The van der Waals surface area contributed by atoms with Crippen LogP contribution in [-0.4, -0.2) is 26.1 Å². The lowest BCUT2D eigenvalue weighted by atomic mass is 9.96. The molecule has 3 rings (SSSR count). The van der Waals surface area contributed by atoms with Crippen LogP contribution in [0.3, 0.4) is 0 Å². The zero-order chi connectivity index (χ0) is 13.8. The van der Waals surface area contributed by atoms with Gasteiger partial charge in [-0.05, 0) is 30.7 Å². The van der Waals surface area contributed by atoms with Gasteiger partial charge in [0.2, 0.25) is 0 Å². The van der Waals surface area contributed by atoms with Crippen molar-refractivity contribution in [1.29, 1.82) is 0 Å². The number of nitrogens with one attached hydrogen (secondary N) is 2. The Balaban J connectivity index is 1.47. The van der Waals surface area contributed by atoms with Gasteiger partial charge in [0.05, 0.1) is 0 Å². The summed E-state index contributed by atoms with van der Waals surface area (Å²) in [5, 5.41) is 6.94. The predicted octanol–water partition coefficient (Wildman–Crippen LogP) is 2.68. The minimum absolute atomic E-state index is 0.343. The van der Waals surface area contributed by atoms with Crippen molar-refractivity contribution < 1.29 is 0 Å². The van der Waals surface area contributed by atoms with Gasteiger partial charge in [-0.1, -0.05) is 43.2 Å². The molecule has 1 aromatic carbocycles. The Morgan fingerprint density at radius 3 is 2.55 bits per heavy atom. The number of guanidine groups is 1. The molecular formula is C17H25N3. The van der Waals surface area contributed by atoms with Crippen molar-refractivity contribution in [2.75, 3.05) is 20.1 Å². The summed E-state index contributed by atoms with van der Waals surface area (Å²) in [4.78, 5) is 4.32. The summed E-state index contributed by atoms with van der Waals surface area (Å²) >= 11 is 0. The summed E-state index contributed by atoms with van der Waals surface area (Å²) in [5.74, 6) is 1.92. The molecule has 2 fully saturated rings. The predicted molar refractivity (Wildman–Crippen MR) is 84.1 cm³/mol. The second-order valence-corrected chi connectivity index (χ2v) is 6.23. The molecule has 2 aliphatic rings. The Kier molecular flexibility index (Phi) is 3.95. The summed E-state index contributed by atoms with van der Waals surface area (Å²) in [5.41, 5.74) is 1.80. The molecule has 20 heavy (non-hydrogen) atoms. The molecule has 2 aliphatic carbocycles. The molecule has 0 amide bonds. The maximum atomic E-state index is 4.32. The summed E-state index contributed by atoms with van der Waals surface area (Å²) in [6.45, 7) is 2.03. The molecule has 0 unspecified atom stereocenters. The van der Waals surface area contributed by atoms with E-state index in [2.05, 4.69) is 46.0 Å². The standard InChI is InChI=1S/C17H25N3/c1-18-16(19-12-9-14-7-8-14)20-13-17(10-11-17)15-5-3-2-4-6-15/h2-6,14H,7-13H2,1H3,(H2,18,19,20). The second-order valence-electron chi connectivity index (χ2n) is 6.23. The summed E-state index contributed by atoms with van der Waals surface area (Å²) in [7, 11) is 1.86. The molecule has 1 aromatic rings. The highest BCUT2D eigenvalue weighted by Gasteiger charge is 2.43. The first-order valence-corrected chi connectivity index (χ1v) is 7.82. The highest BCUT2D eigenvalue weighted by Crippen LogP contribution is 2.47. The number of hydrogen-bond acceptors (Lipinski definition) is 1. The fourth-order valence-electron chi connectivity index (χ4n) is 2.78. The third-order valence-electron chi connectivity index (χ3n) is 4.60. The van der Waals surface area contributed by atoms with E-state index < -0.39 is 0 Å². The van der Waals surface area contributed by atoms with E-state index in [4.69, 9.17) is 0 Å². The van der Waals surface area contributed by atoms with E-state index >= 15 is 0 Å².